The Morgan fingerprint density at radius 3 is 2.36 bits per heavy atom. The van der Waals surface area contributed by atoms with E-state index in [1.54, 1.807) is 44.5 Å². The molecular formula is C19H20N2O4. The molecule has 0 unspecified atom stereocenters. The maximum absolute atomic E-state index is 12.0. The molecule has 2 aromatic rings. The van der Waals surface area contributed by atoms with E-state index in [-0.39, 0.29) is 5.91 Å². The Balaban J connectivity index is 2.01. The van der Waals surface area contributed by atoms with Crippen molar-refractivity contribution in [2.24, 2.45) is 0 Å². The van der Waals surface area contributed by atoms with Crippen LogP contribution in [0.25, 0.3) is 6.08 Å². The van der Waals surface area contributed by atoms with Gasteiger partial charge in [-0.2, -0.15) is 0 Å². The maximum Gasteiger partial charge on any atom is 0.413 e. The van der Waals surface area contributed by atoms with Crippen LogP contribution in [0.5, 0.6) is 5.75 Å². The molecule has 0 fully saturated rings. The second kappa shape index (κ2) is 8.54. The zero-order valence-corrected chi connectivity index (χ0v) is 14.4. The highest BCUT2D eigenvalue weighted by atomic mass is 16.5. The summed E-state index contributed by atoms with van der Waals surface area (Å²) in [4.78, 5) is 24.9. The molecule has 0 spiro atoms. The Hall–Kier alpha value is -3.28. The van der Waals surface area contributed by atoms with E-state index in [0.29, 0.717) is 17.1 Å². The fraction of sp³-hybridized carbons (Fsp3) is 0.158. The summed E-state index contributed by atoms with van der Waals surface area (Å²) in [5.74, 6) is 0.432. The van der Waals surface area contributed by atoms with Gasteiger partial charge in [0, 0.05) is 30.1 Å². The van der Waals surface area contributed by atoms with Crippen LogP contribution in [0.1, 0.15) is 5.56 Å². The Labute approximate surface area is 146 Å². The van der Waals surface area contributed by atoms with Gasteiger partial charge in [-0.1, -0.05) is 18.2 Å². The van der Waals surface area contributed by atoms with E-state index in [4.69, 9.17) is 4.74 Å². The molecule has 0 radical (unpaired) electrons. The number of carbonyl (C=O) groups excluding carboxylic acids is 2. The summed E-state index contributed by atoms with van der Waals surface area (Å²) < 4.78 is 9.89. The molecule has 0 bridgehead atoms. The van der Waals surface area contributed by atoms with Crippen molar-refractivity contribution in [2.45, 2.75) is 0 Å². The minimum atomic E-state index is -0.462. The lowest BCUT2D eigenvalue weighted by Gasteiger charge is -2.15. The number of carbonyl (C=O) groups is 2. The Kier molecular flexibility index (Phi) is 6.17. The zero-order chi connectivity index (χ0) is 18.2. The first-order valence-electron chi connectivity index (χ1n) is 7.59. The van der Waals surface area contributed by atoms with Crippen LogP contribution in [0.4, 0.5) is 16.2 Å². The van der Waals surface area contributed by atoms with E-state index in [0.717, 1.165) is 5.56 Å². The quantitative estimate of drug-likeness (QED) is 0.845. The third-order valence-electron chi connectivity index (χ3n) is 3.52. The molecule has 6 heteroatoms. The Bertz CT molecular complexity index is 769. The van der Waals surface area contributed by atoms with Crippen molar-refractivity contribution < 1.29 is 19.1 Å². The molecule has 0 aromatic heterocycles. The predicted octanol–water partition coefficient (Wildman–Crippen LogP) is 3.55. The average molecular weight is 340 g/mol. The number of hydrogen-bond donors (Lipinski definition) is 1. The fourth-order valence-electron chi connectivity index (χ4n) is 2.16. The highest BCUT2D eigenvalue weighted by Gasteiger charge is 2.10. The summed E-state index contributed by atoms with van der Waals surface area (Å²) in [6, 6.07) is 14.3. The lowest BCUT2D eigenvalue weighted by atomic mass is 10.2. The molecule has 25 heavy (non-hydrogen) atoms. The van der Waals surface area contributed by atoms with E-state index in [1.165, 1.54) is 18.1 Å². The summed E-state index contributed by atoms with van der Waals surface area (Å²) in [5.41, 5.74) is 2.10. The van der Waals surface area contributed by atoms with Crippen molar-refractivity contribution >= 4 is 29.5 Å². The van der Waals surface area contributed by atoms with Crippen molar-refractivity contribution in [1.29, 1.82) is 0 Å². The second-order valence-electron chi connectivity index (χ2n) is 5.14. The monoisotopic (exact) mass is 340 g/mol. The number of nitrogens with zero attached hydrogens (tertiary/aromatic N) is 1. The van der Waals surface area contributed by atoms with Crippen LogP contribution >= 0.6 is 0 Å². The average Bonchev–Trinajstić information content (AvgIpc) is 2.66. The van der Waals surface area contributed by atoms with Gasteiger partial charge < -0.3 is 14.8 Å². The third kappa shape index (κ3) is 4.84. The van der Waals surface area contributed by atoms with Crippen molar-refractivity contribution in [3.63, 3.8) is 0 Å². The van der Waals surface area contributed by atoms with Gasteiger partial charge in [0.15, 0.2) is 0 Å². The van der Waals surface area contributed by atoms with E-state index >= 15 is 0 Å². The number of methoxy groups -OCH3 is 2. The van der Waals surface area contributed by atoms with Gasteiger partial charge in [-0.3, -0.25) is 9.69 Å². The van der Waals surface area contributed by atoms with Gasteiger partial charge in [-0.05, 0) is 36.4 Å². The first-order valence-corrected chi connectivity index (χ1v) is 7.59. The van der Waals surface area contributed by atoms with Crippen LogP contribution in [0.15, 0.2) is 54.6 Å². The van der Waals surface area contributed by atoms with E-state index in [1.807, 2.05) is 24.3 Å². The highest BCUT2D eigenvalue weighted by Crippen LogP contribution is 2.19. The molecule has 1 N–H and O–H groups in total. The molecule has 2 amide bonds. The molecule has 0 saturated heterocycles. The third-order valence-corrected chi connectivity index (χ3v) is 3.52. The summed E-state index contributed by atoms with van der Waals surface area (Å²) in [7, 11) is 4.51. The number of benzene rings is 2. The van der Waals surface area contributed by atoms with Crippen LogP contribution in [-0.2, 0) is 9.53 Å². The molecule has 0 heterocycles. The van der Waals surface area contributed by atoms with Crippen LogP contribution < -0.4 is 15.0 Å². The van der Waals surface area contributed by atoms with Gasteiger partial charge in [0.1, 0.15) is 5.75 Å². The van der Waals surface area contributed by atoms with Gasteiger partial charge in [0.25, 0.3) is 0 Å². The van der Waals surface area contributed by atoms with Crippen molar-refractivity contribution in [3.8, 4) is 5.75 Å². The van der Waals surface area contributed by atoms with Crippen LogP contribution in [0.2, 0.25) is 0 Å². The SMILES string of the molecule is COC(=O)N(C)c1ccc(NC(=O)/C=C/c2ccccc2OC)cc1. The van der Waals surface area contributed by atoms with Crippen LogP contribution in [0, 0.1) is 0 Å². The van der Waals surface area contributed by atoms with Gasteiger partial charge in [-0.25, -0.2) is 4.79 Å². The molecule has 130 valence electrons. The van der Waals surface area contributed by atoms with Crippen LogP contribution in [0.3, 0.4) is 0 Å². The van der Waals surface area contributed by atoms with Gasteiger partial charge >= 0.3 is 6.09 Å². The van der Waals surface area contributed by atoms with Crippen molar-refractivity contribution in [2.75, 3.05) is 31.5 Å². The molecular weight excluding hydrogens is 320 g/mol. The normalized spacial score (nSPS) is 10.4. The standard InChI is InChI=1S/C19H20N2O4/c1-21(19(23)25-3)16-11-9-15(10-12-16)20-18(22)13-8-14-6-4-5-7-17(14)24-2/h4-13H,1-3H3,(H,20,22)/b13-8+. The summed E-state index contributed by atoms with van der Waals surface area (Å²) >= 11 is 0. The Morgan fingerprint density at radius 2 is 1.72 bits per heavy atom. The smallest absolute Gasteiger partial charge is 0.413 e. The minimum Gasteiger partial charge on any atom is -0.496 e. The zero-order valence-electron chi connectivity index (χ0n) is 14.4. The number of anilines is 2. The molecule has 2 aromatic carbocycles. The van der Waals surface area contributed by atoms with E-state index in [9.17, 15) is 9.59 Å². The largest absolute Gasteiger partial charge is 0.496 e. The van der Waals surface area contributed by atoms with Crippen LogP contribution in [-0.4, -0.2) is 33.3 Å². The molecule has 6 nitrogen and oxygen atoms in total. The summed E-state index contributed by atoms with van der Waals surface area (Å²) in [6.07, 6.45) is 2.66. The van der Waals surface area contributed by atoms with E-state index < -0.39 is 6.09 Å². The van der Waals surface area contributed by atoms with E-state index in [2.05, 4.69) is 10.1 Å². The molecule has 0 aliphatic rings. The lowest BCUT2D eigenvalue weighted by Crippen LogP contribution is -2.25. The number of amides is 2. The van der Waals surface area contributed by atoms with Crippen molar-refractivity contribution in [3.05, 3.63) is 60.2 Å². The second-order valence-corrected chi connectivity index (χ2v) is 5.14. The number of nitrogens with one attached hydrogen (secondary N) is 1. The number of rotatable bonds is 5. The Morgan fingerprint density at radius 1 is 1.04 bits per heavy atom. The lowest BCUT2D eigenvalue weighted by molar-refractivity contribution is -0.111. The number of hydrogen-bond acceptors (Lipinski definition) is 4. The topological polar surface area (TPSA) is 67.9 Å². The molecule has 2 rings (SSSR count). The van der Waals surface area contributed by atoms with Gasteiger partial charge in [0.05, 0.1) is 14.2 Å². The molecule has 0 saturated carbocycles. The predicted molar refractivity (Wildman–Crippen MR) is 97.9 cm³/mol. The molecule has 0 aliphatic heterocycles. The highest BCUT2D eigenvalue weighted by molar-refractivity contribution is 6.02. The summed E-state index contributed by atoms with van der Waals surface area (Å²) in [6.45, 7) is 0. The fourth-order valence-corrected chi connectivity index (χ4v) is 2.16. The first kappa shape index (κ1) is 18.1. The molecule has 0 atom stereocenters. The minimum absolute atomic E-state index is 0.264. The maximum atomic E-state index is 12.0. The molecule has 0 aliphatic carbocycles. The van der Waals surface area contributed by atoms with Crippen molar-refractivity contribution in [1.82, 2.24) is 0 Å². The van der Waals surface area contributed by atoms with Gasteiger partial charge in [0.2, 0.25) is 5.91 Å². The van der Waals surface area contributed by atoms with Gasteiger partial charge in [-0.15, -0.1) is 0 Å². The number of ether oxygens (including phenoxy) is 2. The summed E-state index contributed by atoms with van der Waals surface area (Å²) in [5, 5.41) is 2.76. The number of para-hydroxylation sites is 1. The first-order chi connectivity index (χ1) is 12.0.